The Labute approximate surface area is 101 Å². The van der Waals surface area contributed by atoms with Gasteiger partial charge in [-0.3, -0.25) is 0 Å². The molecular formula is C9H11ClF3NOS. The molecule has 0 bridgehead atoms. The van der Waals surface area contributed by atoms with Gasteiger partial charge in [-0.15, -0.1) is 23.7 Å². The Hall–Kier alpha value is -0.460. The summed E-state index contributed by atoms with van der Waals surface area (Å²) in [5.74, 6) is 0.0269. The molecular weight excluding hydrogens is 263 g/mol. The Bertz CT molecular complexity index is 366. The molecule has 1 aromatic heterocycles. The van der Waals surface area contributed by atoms with E-state index >= 15 is 0 Å². The van der Waals surface area contributed by atoms with Crippen molar-refractivity contribution in [3.63, 3.8) is 0 Å². The van der Waals surface area contributed by atoms with Gasteiger partial charge in [0.2, 0.25) is 0 Å². The lowest BCUT2D eigenvalue weighted by Gasteiger charge is -2.23. The summed E-state index contributed by atoms with van der Waals surface area (Å²) in [6.45, 7) is 0.295. The van der Waals surface area contributed by atoms with Gasteiger partial charge in [0, 0.05) is 22.7 Å². The van der Waals surface area contributed by atoms with Gasteiger partial charge in [-0.2, -0.15) is 13.2 Å². The molecule has 1 N–H and O–H groups in total. The highest BCUT2D eigenvalue weighted by Gasteiger charge is 2.38. The fourth-order valence-corrected chi connectivity index (χ4v) is 2.61. The van der Waals surface area contributed by atoms with Gasteiger partial charge in [-0.1, -0.05) is 0 Å². The van der Waals surface area contributed by atoms with Crippen molar-refractivity contribution in [3.8, 4) is 5.75 Å². The van der Waals surface area contributed by atoms with Gasteiger partial charge in [0.15, 0.2) is 0 Å². The quantitative estimate of drug-likeness (QED) is 0.849. The summed E-state index contributed by atoms with van der Waals surface area (Å²) in [7, 11) is 1.78. The molecule has 0 radical (unpaired) electrons. The minimum absolute atomic E-state index is 0. The third-order valence-corrected chi connectivity index (χ3v) is 3.38. The topological polar surface area (TPSA) is 21.3 Å². The number of alkyl halides is 3. The van der Waals surface area contributed by atoms with Crippen molar-refractivity contribution in [2.45, 2.75) is 18.6 Å². The molecule has 16 heavy (non-hydrogen) atoms. The van der Waals surface area contributed by atoms with Crippen LogP contribution in [-0.4, -0.2) is 19.7 Å². The van der Waals surface area contributed by atoms with Gasteiger partial charge in [0.1, 0.15) is 17.9 Å². The van der Waals surface area contributed by atoms with Crippen molar-refractivity contribution in [1.82, 2.24) is 5.32 Å². The predicted molar refractivity (Wildman–Crippen MR) is 58.6 cm³/mol. The molecule has 0 spiro atoms. The maximum absolute atomic E-state index is 12.5. The molecule has 0 amide bonds. The summed E-state index contributed by atoms with van der Waals surface area (Å²) in [6, 6.07) is 0.109. The van der Waals surface area contributed by atoms with E-state index in [0.29, 0.717) is 17.9 Å². The van der Waals surface area contributed by atoms with Gasteiger partial charge in [-0.05, 0) is 7.05 Å². The van der Waals surface area contributed by atoms with E-state index in [0.717, 1.165) is 16.7 Å². The average molecular weight is 274 g/mol. The monoisotopic (exact) mass is 273 g/mol. The number of fused-ring (bicyclic) bond motifs is 1. The van der Waals surface area contributed by atoms with E-state index in [-0.39, 0.29) is 24.2 Å². The molecule has 2 nitrogen and oxygen atoms in total. The summed E-state index contributed by atoms with van der Waals surface area (Å²) in [5.41, 5.74) is -0.642. The zero-order valence-electron chi connectivity index (χ0n) is 8.43. The molecule has 0 saturated heterocycles. The van der Waals surface area contributed by atoms with Crippen LogP contribution in [0.5, 0.6) is 5.75 Å². The van der Waals surface area contributed by atoms with E-state index in [1.165, 1.54) is 0 Å². The second-order valence-electron chi connectivity index (χ2n) is 3.40. The Morgan fingerprint density at radius 2 is 2.19 bits per heavy atom. The zero-order valence-corrected chi connectivity index (χ0v) is 10.1. The number of nitrogens with one attached hydrogen (secondary N) is 1. The standard InChI is InChI=1S/C9H10F3NOS.ClH/c1-13-5-2-7-8(14-3-5)6(4-15-7)9(10,11)12;/h4-5,13H,2-3H2,1H3;1H. The lowest BCUT2D eigenvalue weighted by Crippen LogP contribution is -2.36. The summed E-state index contributed by atoms with van der Waals surface area (Å²) in [5, 5.41) is 4.12. The molecule has 0 saturated carbocycles. The highest BCUT2D eigenvalue weighted by molar-refractivity contribution is 7.10. The van der Waals surface area contributed by atoms with Crippen molar-refractivity contribution in [2.24, 2.45) is 0 Å². The normalized spacial score (nSPS) is 19.6. The number of ether oxygens (including phenoxy) is 1. The molecule has 1 atom stereocenters. The Morgan fingerprint density at radius 1 is 1.50 bits per heavy atom. The fraction of sp³-hybridized carbons (Fsp3) is 0.556. The fourth-order valence-electron chi connectivity index (χ4n) is 1.53. The van der Waals surface area contributed by atoms with Crippen LogP contribution in [0.1, 0.15) is 10.4 Å². The molecule has 2 heterocycles. The summed E-state index contributed by atoms with van der Waals surface area (Å²) < 4.78 is 42.7. The lowest BCUT2D eigenvalue weighted by atomic mass is 10.1. The minimum atomic E-state index is -4.31. The first kappa shape index (κ1) is 13.6. The van der Waals surface area contributed by atoms with Crippen LogP contribution in [0, 0.1) is 0 Å². The number of thiophene rings is 1. The van der Waals surface area contributed by atoms with Crippen molar-refractivity contribution in [3.05, 3.63) is 15.8 Å². The van der Waals surface area contributed by atoms with Crippen LogP contribution in [0.15, 0.2) is 5.38 Å². The Balaban J connectivity index is 0.00000128. The molecule has 0 aromatic carbocycles. The molecule has 0 fully saturated rings. The van der Waals surface area contributed by atoms with Crippen LogP contribution < -0.4 is 10.1 Å². The first-order valence-electron chi connectivity index (χ1n) is 4.50. The number of likely N-dealkylation sites (N-methyl/N-ethyl adjacent to an activating group) is 1. The molecule has 7 heteroatoms. The molecule has 1 aliphatic heterocycles. The smallest absolute Gasteiger partial charge is 0.420 e. The number of rotatable bonds is 1. The number of hydrogen-bond donors (Lipinski definition) is 1. The van der Waals surface area contributed by atoms with Crippen LogP contribution in [0.25, 0.3) is 0 Å². The van der Waals surface area contributed by atoms with Crippen LogP contribution in [0.2, 0.25) is 0 Å². The second-order valence-corrected chi connectivity index (χ2v) is 4.36. The summed E-state index contributed by atoms with van der Waals surface area (Å²) >= 11 is 1.11. The van der Waals surface area contributed by atoms with Crippen molar-refractivity contribution >= 4 is 23.7 Å². The summed E-state index contributed by atoms with van der Waals surface area (Å²) in [4.78, 5) is 0.674. The van der Waals surface area contributed by atoms with E-state index < -0.39 is 11.7 Å². The van der Waals surface area contributed by atoms with Crippen molar-refractivity contribution in [2.75, 3.05) is 13.7 Å². The molecule has 1 aromatic rings. The maximum Gasteiger partial charge on any atom is 0.420 e. The van der Waals surface area contributed by atoms with Crippen LogP contribution in [0.3, 0.4) is 0 Å². The third kappa shape index (κ3) is 2.44. The van der Waals surface area contributed by atoms with Crippen molar-refractivity contribution in [1.29, 1.82) is 0 Å². The Morgan fingerprint density at radius 3 is 2.75 bits per heavy atom. The van der Waals surface area contributed by atoms with Crippen LogP contribution in [-0.2, 0) is 12.6 Å². The average Bonchev–Trinajstić information content (AvgIpc) is 2.59. The molecule has 1 aliphatic rings. The van der Waals surface area contributed by atoms with Gasteiger partial charge < -0.3 is 10.1 Å². The lowest BCUT2D eigenvalue weighted by molar-refractivity contribution is -0.138. The summed E-state index contributed by atoms with van der Waals surface area (Å²) in [6.07, 6.45) is -3.71. The van der Waals surface area contributed by atoms with E-state index in [2.05, 4.69) is 5.32 Å². The van der Waals surface area contributed by atoms with E-state index in [1.54, 1.807) is 7.05 Å². The van der Waals surface area contributed by atoms with E-state index in [9.17, 15) is 13.2 Å². The third-order valence-electron chi connectivity index (χ3n) is 2.39. The SMILES string of the molecule is CNC1COc2c(C(F)(F)F)csc2C1.Cl. The van der Waals surface area contributed by atoms with Crippen LogP contribution in [0.4, 0.5) is 13.2 Å². The highest BCUT2D eigenvalue weighted by atomic mass is 35.5. The van der Waals surface area contributed by atoms with Crippen molar-refractivity contribution < 1.29 is 17.9 Å². The zero-order chi connectivity index (χ0) is 11.1. The van der Waals surface area contributed by atoms with E-state index in [1.807, 2.05) is 0 Å². The van der Waals surface area contributed by atoms with Crippen LogP contribution >= 0.6 is 23.7 Å². The first-order valence-corrected chi connectivity index (χ1v) is 5.38. The van der Waals surface area contributed by atoms with Gasteiger partial charge >= 0.3 is 6.18 Å². The molecule has 0 aliphatic carbocycles. The minimum Gasteiger partial charge on any atom is -0.490 e. The molecule has 92 valence electrons. The first-order chi connectivity index (χ1) is 7.02. The highest BCUT2D eigenvalue weighted by Crippen LogP contribution is 2.43. The molecule has 1 unspecified atom stereocenters. The number of hydrogen-bond acceptors (Lipinski definition) is 3. The predicted octanol–water partition coefficient (Wildman–Crippen LogP) is 2.71. The Kier molecular flexibility index (Phi) is 4.09. The van der Waals surface area contributed by atoms with Gasteiger partial charge in [0.25, 0.3) is 0 Å². The van der Waals surface area contributed by atoms with Gasteiger partial charge in [0.05, 0.1) is 0 Å². The molecule has 2 rings (SSSR count). The number of halogens is 4. The van der Waals surface area contributed by atoms with E-state index in [4.69, 9.17) is 4.74 Å². The largest absolute Gasteiger partial charge is 0.490 e. The second kappa shape index (κ2) is 4.81. The maximum atomic E-state index is 12.5. The van der Waals surface area contributed by atoms with Gasteiger partial charge in [-0.25, -0.2) is 0 Å².